The van der Waals surface area contributed by atoms with Gasteiger partial charge in [-0.1, -0.05) is 36.0 Å². The van der Waals surface area contributed by atoms with Gasteiger partial charge < -0.3 is 15.5 Å². The second kappa shape index (κ2) is 6.95. The molecule has 0 aromatic heterocycles. The van der Waals surface area contributed by atoms with E-state index in [1.165, 1.54) is 52.8 Å². The van der Waals surface area contributed by atoms with Crippen molar-refractivity contribution in [2.24, 2.45) is 0 Å². The molecule has 1 saturated heterocycles. The van der Waals surface area contributed by atoms with Gasteiger partial charge in [-0.3, -0.25) is 0 Å². The van der Waals surface area contributed by atoms with E-state index in [0.717, 1.165) is 19.5 Å². The lowest BCUT2D eigenvalue weighted by Gasteiger charge is -2.27. The molecule has 0 radical (unpaired) electrons. The molecule has 3 nitrogen and oxygen atoms in total. The van der Waals surface area contributed by atoms with Crippen molar-refractivity contribution in [2.45, 2.75) is 22.6 Å². The molecular weight excluding hydrogens is 302 g/mol. The Kier molecular flexibility index (Phi) is 4.55. The van der Waals surface area contributed by atoms with Crippen LogP contribution in [0.3, 0.4) is 0 Å². The van der Waals surface area contributed by atoms with Crippen molar-refractivity contribution in [2.75, 3.05) is 38.0 Å². The van der Waals surface area contributed by atoms with Crippen LogP contribution in [0.2, 0.25) is 0 Å². The van der Waals surface area contributed by atoms with Crippen molar-refractivity contribution in [3.63, 3.8) is 0 Å². The highest BCUT2D eigenvalue weighted by Gasteiger charge is 2.18. The summed E-state index contributed by atoms with van der Waals surface area (Å²) in [5.74, 6) is 0. The maximum Gasteiger partial charge on any atom is 0.0558 e. The first-order valence-electron chi connectivity index (χ1n) is 8.49. The fourth-order valence-corrected chi connectivity index (χ4v) is 4.40. The van der Waals surface area contributed by atoms with Crippen LogP contribution in [0.25, 0.3) is 0 Å². The molecule has 23 heavy (non-hydrogen) atoms. The third-order valence-electron chi connectivity index (χ3n) is 4.61. The maximum absolute atomic E-state index is 3.65. The Bertz CT molecular complexity index is 680. The molecule has 0 aliphatic carbocycles. The molecule has 2 N–H and O–H groups in total. The van der Waals surface area contributed by atoms with Gasteiger partial charge in [-0.15, -0.1) is 0 Å². The quantitative estimate of drug-likeness (QED) is 0.764. The highest BCUT2D eigenvalue weighted by atomic mass is 32.2. The van der Waals surface area contributed by atoms with E-state index in [-0.39, 0.29) is 0 Å². The molecule has 120 valence electrons. The first kappa shape index (κ1) is 15.1. The zero-order valence-electron chi connectivity index (χ0n) is 13.3. The highest BCUT2D eigenvalue weighted by Crippen LogP contribution is 2.45. The second-order valence-corrected chi connectivity index (χ2v) is 7.29. The molecule has 0 spiro atoms. The lowest BCUT2D eigenvalue weighted by molar-refractivity contribution is 0.238. The van der Waals surface area contributed by atoms with Gasteiger partial charge in [0.1, 0.15) is 0 Å². The summed E-state index contributed by atoms with van der Waals surface area (Å²) in [6.45, 7) is 5.85. The standard InChI is InChI=1S/C19H23N3S/c1-2-8-17-16(7-1)21-19-15(5-3-9-18(19)23-17)6-4-12-22-13-10-20-11-14-22/h1-3,5,7-9,20-21H,4,6,10-14H2. The normalized spacial score (nSPS) is 17.2. The molecular formula is C19H23N3S. The summed E-state index contributed by atoms with van der Waals surface area (Å²) in [4.78, 5) is 5.24. The first-order valence-corrected chi connectivity index (χ1v) is 9.31. The number of hydrogen-bond donors (Lipinski definition) is 2. The van der Waals surface area contributed by atoms with Crippen LogP contribution in [0, 0.1) is 0 Å². The summed E-state index contributed by atoms with van der Waals surface area (Å²) in [5.41, 5.74) is 4.00. The Morgan fingerprint density at radius 1 is 0.957 bits per heavy atom. The lowest BCUT2D eigenvalue weighted by atomic mass is 10.1. The maximum atomic E-state index is 3.65. The van der Waals surface area contributed by atoms with E-state index >= 15 is 0 Å². The number of piperazine rings is 1. The molecule has 2 aromatic rings. The number of aryl methyl sites for hydroxylation is 1. The predicted molar refractivity (Wildman–Crippen MR) is 97.9 cm³/mol. The molecule has 4 heteroatoms. The van der Waals surface area contributed by atoms with Gasteiger partial charge in [-0.05, 0) is 43.1 Å². The molecule has 1 fully saturated rings. The largest absolute Gasteiger partial charge is 0.353 e. The molecule has 0 saturated carbocycles. The molecule has 2 aromatic carbocycles. The number of anilines is 2. The fraction of sp³-hybridized carbons (Fsp3) is 0.368. The Morgan fingerprint density at radius 3 is 2.70 bits per heavy atom. The molecule has 2 heterocycles. The fourth-order valence-electron chi connectivity index (χ4n) is 3.35. The van der Waals surface area contributed by atoms with Gasteiger partial charge in [0.05, 0.1) is 11.4 Å². The monoisotopic (exact) mass is 325 g/mol. The van der Waals surface area contributed by atoms with Gasteiger partial charge in [0.2, 0.25) is 0 Å². The Morgan fingerprint density at radius 2 is 1.78 bits per heavy atom. The van der Waals surface area contributed by atoms with Crippen LogP contribution in [0.1, 0.15) is 12.0 Å². The highest BCUT2D eigenvalue weighted by molar-refractivity contribution is 7.99. The van der Waals surface area contributed by atoms with Crippen LogP contribution < -0.4 is 10.6 Å². The number of hydrogen-bond acceptors (Lipinski definition) is 4. The van der Waals surface area contributed by atoms with Crippen molar-refractivity contribution in [3.8, 4) is 0 Å². The number of nitrogens with zero attached hydrogens (tertiary/aromatic N) is 1. The van der Waals surface area contributed by atoms with Crippen LogP contribution in [0.4, 0.5) is 11.4 Å². The van der Waals surface area contributed by atoms with E-state index in [2.05, 4.69) is 58.0 Å². The van der Waals surface area contributed by atoms with E-state index in [0.29, 0.717) is 0 Å². The van der Waals surface area contributed by atoms with Gasteiger partial charge >= 0.3 is 0 Å². The van der Waals surface area contributed by atoms with Gasteiger partial charge in [-0.25, -0.2) is 0 Å². The first-order chi connectivity index (χ1) is 11.4. The second-order valence-electron chi connectivity index (χ2n) is 6.21. The van der Waals surface area contributed by atoms with Gasteiger partial charge in [0, 0.05) is 36.0 Å². The van der Waals surface area contributed by atoms with Crippen molar-refractivity contribution in [1.29, 1.82) is 0 Å². The lowest BCUT2D eigenvalue weighted by Crippen LogP contribution is -2.43. The topological polar surface area (TPSA) is 27.3 Å². The third kappa shape index (κ3) is 3.39. The summed E-state index contributed by atoms with van der Waals surface area (Å²) in [6.07, 6.45) is 2.37. The zero-order chi connectivity index (χ0) is 15.5. The van der Waals surface area contributed by atoms with Crippen molar-refractivity contribution in [3.05, 3.63) is 48.0 Å². The predicted octanol–water partition coefficient (Wildman–Crippen LogP) is 3.73. The summed E-state index contributed by atoms with van der Waals surface area (Å²) in [6, 6.07) is 15.3. The van der Waals surface area contributed by atoms with E-state index < -0.39 is 0 Å². The number of rotatable bonds is 4. The van der Waals surface area contributed by atoms with E-state index in [4.69, 9.17) is 0 Å². The average molecular weight is 325 g/mol. The van der Waals surface area contributed by atoms with Crippen LogP contribution in [-0.4, -0.2) is 37.6 Å². The SMILES string of the molecule is c1ccc2c(c1)Nc1c(CCCN3CCNCC3)cccc1S2. The van der Waals surface area contributed by atoms with Crippen LogP contribution in [0.5, 0.6) is 0 Å². The summed E-state index contributed by atoms with van der Waals surface area (Å²) in [7, 11) is 0. The number of benzene rings is 2. The number of fused-ring (bicyclic) bond motifs is 2. The van der Waals surface area contributed by atoms with Gasteiger partial charge in [-0.2, -0.15) is 0 Å². The number of para-hydroxylation sites is 2. The summed E-state index contributed by atoms with van der Waals surface area (Å²) < 4.78 is 0. The summed E-state index contributed by atoms with van der Waals surface area (Å²) in [5, 5.41) is 7.07. The molecule has 0 amide bonds. The van der Waals surface area contributed by atoms with Gasteiger partial charge in [0.25, 0.3) is 0 Å². The third-order valence-corrected chi connectivity index (χ3v) is 5.75. The average Bonchev–Trinajstić information content (AvgIpc) is 2.61. The van der Waals surface area contributed by atoms with Crippen molar-refractivity contribution in [1.82, 2.24) is 10.2 Å². The molecule has 0 bridgehead atoms. The molecule has 4 rings (SSSR count). The molecule has 2 aliphatic rings. The van der Waals surface area contributed by atoms with Crippen LogP contribution in [0.15, 0.2) is 52.3 Å². The Balaban J connectivity index is 1.44. The van der Waals surface area contributed by atoms with Crippen molar-refractivity contribution < 1.29 is 0 Å². The van der Waals surface area contributed by atoms with E-state index in [9.17, 15) is 0 Å². The van der Waals surface area contributed by atoms with E-state index in [1.54, 1.807) is 0 Å². The molecule has 0 atom stereocenters. The Labute approximate surface area is 142 Å². The Hall–Kier alpha value is -1.49. The molecule has 0 unspecified atom stereocenters. The minimum atomic E-state index is 1.13. The smallest absolute Gasteiger partial charge is 0.0558 e. The summed E-state index contributed by atoms with van der Waals surface area (Å²) >= 11 is 1.88. The van der Waals surface area contributed by atoms with E-state index in [1.807, 2.05) is 11.8 Å². The number of nitrogens with one attached hydrogen (secondary N) is 2. The molecule has 2 aliphatic heterocycles. The van der Waals surface area contributed by atoms with Crippen molar-refractivity contribution >= 4 is 23.1 Å². The van der Waals surface area contributed by atoms with Gasteiger partial charge in [0.15, 0.2) is 0 Å². The minimum absolute atomic E-state index is 1.13. The zero-order valence-corrected chi connectivity index (χ0v) is 14.2. The van der Waals surface area contributed by atoms with Crippen LogP contribution in [-0.2, 0) is 6.42 Å². The minimum Gasteiger partial charge on any atom is -0.353 e. The van der Waals surface area contributed by atoms with Crippen LogP contribution >= 0.6 is 11.8 Å².